The number of halogens is 1. The topological polar surface area (TPSA) is 78.5 Å². The zero-order valence-electron chi connectivity index (χ0n) is 18.2. The van der Waals surface area contributed by atoms with E-state index < -0.39 is 11.7 Å². The Morgan fingerprint density at radius 3 is 2.42 bits per heavy atom. The van der Waals surface area contributed by atoms with Gasteiger partial charge in [-0.3, -0.25) is 14.4 Å². The summed E-state index contributed by atoms with van der Waals surface area (Å²) < 4.78 is 13.2. The fourth-order valence-corrected chi connectivity index (χ4v) is 3.76. The molecule has 7 heteroatoms. The molecule has 33 heavy (non-hydrogen) atoms. The van der Waals surface area contributed by atoms with Crippen LogP contribution in [0.5, 0.6) is 0 Å². The van der Waals surface area contributed by atoms with E-state index in [0.717, 1.165) is 11.1 Å². The van der Waals surface area contributed by atoms with Crippen LogP contribution < -0.4 is 15.5 Å². The molecule has 3 aromatic carbocycles. The molecule has 0 saturated carbocycles. The summed E-state index contributed by atoms with van der Waals surface area (Å²) in [5.41, 5.74) is 3.39. The van der Waals surface area contributed by atoms with Gasteiger partial charge in [-0.05, 0) is 48.9 Å². The van der Waals surface area contributed by atoms with Gasteiger partial charge in [0.05, 0.1) is 17.2 Å². The predicted molar refractivity (Wildman–Crippen MR) is 124 cm³/mol. The van der Waals surface area contributed by atoms with Crippen LogP contribution in [0.25, 0.3) is 0 Å². The van der Waals surface area contributed by atoms with Gasteiger partial charge in [-0.25, -0.2) is 4.39 Å². The van der Waals surface area contributed by atoms with Crippen LogP contribution in [-0.2, 0) is 16.1 Å². The molecule has 0 bridgehead atoms. The number of carbonyl (C=O) groups excluding carboxylic acids is 3. The van der Waals surface area contributed by atoms with Crippen LogP contribution in [0.4, 0.5) is 15.8 Å². The monoisotopic (exact) mass is 445 g/mol. The van der Waals surface area contributed by atoms with E-state index >= 15 is 0 Å². The van der Waals surface area contributed by atoms with Gasteiger partial charge in [0.2, 0.25) is 11.8 Å². The fourth-order valence-electron chi connectivity index (χ4n) is 3.76. The predicted octanol–water partition coefficient (Wildman–Crippen LogP) is 4.06. The number of nitrogens with one attached hydrogen (secondary N) is 2. The van der Waals surface area contributed by atoms with Crippen LogP contribution in [0.3, 0.4) is 0 Å². The summed E-state index contributed by atoms with van der Waals surface area (Å²) >= 11 is 0. The molecule has 3 amide bonds. The standard InChI is InChI=1S/C26H24FN3O3/c1-17-6-8-18(9-7-17)15-28-26(33)22-4-2-3-5-23(22)29-25(32)19-14-24(31)30(16-19)21-12-10-20(27)11-13-21/h2-13,19H,14-16H2,1H3,(H,28,33)(H,29,32)/t19-/m0/s1. The van der Waals surface area contributed by atoms with E-state index in [1.807, 2.05) is 31.2 Å². The Kier molecular flexibility index (Phi) is 6.49. The van der Waals surface area contributed by atoms with Crippen LogP contribution in [-0.4, -0.2) is 24.3 Å². The van der Waals surface area contributed by atoms with E-state index in [4.69, 9.17) is 0 Å². The molecule has 168 valence electrons. The molecule has 1 heterocycles. The summed E-state index contributed by atoms with van der Waals surface area (Å²) in [6, 6.07) is 20.2. The molecule has 0 unspecified atom stereocenters. The van der Waals surface area contributed by atoms with Gasteiger partial charge in [-0.2, -0.15) is 0 Å². The van der Waals surface area contributed by atoms with Gasteiger partial charge in [-0.1, -0.05) is 42.0 Å². The van der Waals surface area contributed by atoms with E-state index in [9.17, 15) is 18.8 Å². The maximum Gasteiger partial charge on any atom is 0.253 e. The van der Waals surface area contributed by atoms with Crippen molar-refractivity contribution in [3.05, 3.63) is 95.3 Å². The average Bonchev–Trinajstić information content (AvgIpc) is 3.21. The number of hydrogen-bond acceptors (Lipinski definition) is 3. The van der Waals surface area contributed by atoms with Crippen LogP contribution >= 0.6 is 0 Å². The van der Waals surface area contributed by atoms with Crippen LogP contribution in [0.15, 0.2) is 72.8 Å². The third-order valence-corrected chi connectivity index (χ3v) is 5.64. The SMILES string of the molecule is Cc1ccc(CNC(=O)c2ccccc2NC(=O)[C@H]2CC(=O)N(c3ccc(F)cc3)C2)cc1. The zero-order valence-corrected chi connectivity index (χ0v) is 18.2. The summed E-state index contributed by atoms with van der Waals surface area (Å²) in [6.45, 7) is 2.56. The Hall–Kier alpha value is -4.00. The Morgan fingerprint density at radius 2 is 1.70 bits per heavy atom. The van der Waals surface area contributed by atoms with Crippen molar-refractivity contribution in [2.45, 2.75) is 19.9 Å². The minimum atomic E-state index is -0.578. The van der Waals surface area contributed by atoms with Gasteiger partial charge >= 0.3 is 0 Å². The molecular formula is C26H24FN3O3. The quantitative estimate of drug-likeness (QED) is 0.601. The van der Waals surface area contributed by atoms with E-state index in [2.05, 4.69) is 10.6 Å². The number of hydrogen-bond donors (Lipinski definition) is 2. The Labute approximate surface area is 191 Å². The Bertz CT molecular complexity index is 1180. The van der Waals surface area contributed by atoms with Crippen molar-refractivity contribution < 1.29 is 18.8 Å². The minimum Gasteiger partial charge on any atom is -0.348 e. The summed E-state index contributed by atoms with van der Waals surface area (Å²) in [5.74, 6) is -1.82. The number of nitrogens with zero attached hydrogens (tertiary/aromatic N) is 1. The molecule has 0 radical (unpaired) electrons. The maximum atomic E-state index is 13.2. The van der Waals surface area contributed by atoms with E-state index in [-0.39, 0.29) is 30.7 Å². The van der Waals surface area contributed by atoms with Crippen molar-refractivity contribution in [2.75, 3.05) is 16.8 Å². The molecule has 1 fully saturated rings. The summed E-state index contributed by atoms with van der Waals surface area (Å²) in [7, 11) is 0. The molecule has 4 rings (SSSR count). The Balaban J connectivity index is 1.41. The summed E-state index contributed by atoms with van der Waals surface area (Å²) in [6.07, 6.45) is 0.0466. The normalized spacial score (nSPS) is 15.4. The number of aryl methyl sites for hydroxylation is 1. The molecule has 3 aromatic rings. The van der Waals surface area contributed by atoms with Gasteiger partial charge in [0.15, 0.2) is 0 Å². The lowest BCUT2D eigenvalue weighted by atomic mass is 10.1. The molecular weight excluding hydrogens is 421 g/mol. The van der Waals surface area contributed by atoms with Crippen molar-refractivity contribution in [1.29, 1.82) is 0 Å². The maximum absolute atomic E-state index is 13.2. The second-order valence-corrected chi connectivity index (χ2v) is 8.08. The number of anilines is 2. The fraction of sp³-hybridized carbons (Fsp3) is 0.192. The highest BCUT2D eigenvalue weighted by molar-refractivity contribution is 6.07. The van der Waals surface area contributed by atoms with Gasteiger partial charge in [0, 0.05) is 25.2 Å². The van der Waals surface area contributed by atoms with E-state index in [0.29, 0.717) is 23.5 Å². The van der Waals surface area contributed by atoms with Gasteiger partial charge < -0.3 is 15.5 Å². The number of benzene rings is 3. The molecule has 1 aliphatic heterocycles. The lowest BCUT2D eigenvalue weighted by molar-refractivity contribution is -0.122. The lowest BCUT2D eigenvalue weighted by Crippen LogP contribution is -2.29. The van der Waals surface area contributed by atoms with Crippen molar-refractivity contribution in [1.82, 2.24) is 5.32 Å². The molecule has 1 atom stereocenters. The smallest absolute Gasteiger partial charge is 0.253 e. The number of amides is 3. The van der Waals surface area contributed by atoms with E-state index in [1.165, 1.54) is 29.2 Å². The van der Waals surface area contributed by atoms with Crippen molar-refractivity contribution in [3.63, 3.8) is 0 Å². The molecule has 0 aromatic heterocycles. The molecule has 1 aliphatic rings. The third kappa shape index (κ3) is 5.26. The third-order valence-electron chi connectivity index (χ3n) is 5.64. The highest BCUT2D eigenvalue weighted by Gasteiger charge is 2.35. The van der Waals surface area contributed by atoms with Gasteiger partial charge in [0.25, 0.3) is 5.91 Å². The van der Waals surface area contributed by atoms with Crippen molar-refractivity contribution in [3.8, 4) is 0 Å². The first-order valence-electron chi connectivity index (χ1n) is 10.7. The van der Waals surface area contributed by atoms with Crippen LogP contribution in [0.2, 0.25) is 0 Å². The molecule has 6 nitrogen and oxygen atoms in total. The zero-order chi connectivity index (χ0) is 23.4. The lowest BCUT2D eigenvalue weighted by Gasteiger charge is -2.17. The second kappa shape index (κ2) is 9.65. The first kappa shape index (κ1) is 22.2. The van der Waals surface area contributed by atoms with E-state index in [1.54, 1.807) is 24.3 Å². The number of para-hydroxylation sites is 1. The van der Waals surface area contributed by atoms with Crippen LogP contribution in [0, 0.1) is 18.7 Å². The number of carbonyl (C=O) groups is 3. The number of rotatable bonds is 6. The molecule has 1 saturated heterocycles. The van der Waals surface area contributed by atoms with Gasteiger partial charge in [0.1, 0.15) is 5.82 Å². The molecule has 0 spiro atoms. The average molecular weight is 445 g/mol. The molecule has 0 aliphatic carbocycles. The van der Waals surface area contributed by atoms with Crippen molar-refractivity contribution >= 4 is 29.1 Å². The molecule has 2 N–H and O–H groups in total. The first-order valence-corrected chi connectivity index (χ1v) is 10.7. The largest absolute Gasteiger partial charge is 0.348 e. The highest BCUT2D eigenvalue weighted by atomic mass is 19.1. The second-order valence-electron chi connectivity index (χ2n) is 8.08. The summed E-state index contributed by atoms with van der Waals surface area (Å²) in [4.78, 5) is 39.6. The minimum absolute atomic E-state index is 0.0466. The van der Waals surface area contributed by atoms with Crippen LogP contribution in [0.1, 0.15) is 27.9 Å². The first-order chi connectivity index (χ1) is 15.9. The Morgan fingerprint density at radius 1 is 1.00 bits per heavy atom. The summed E-state index contributed by atoms with van der Waals surface area (Å²) in [5, 5.41) is 5.68. The highest BCUT2D eigenvalue weighted by Crippen LogP contribution is 2.27. The van der Waals surface area contributed by atoms with Gasteiger partial charge in [-0.15, -0.1) is 0 Å². The van der Waals surface area contributed by atoms with Crippen molar-refractivity contribution in [2.24, 2.45) is 5.92 Å².